The Morgan fingerprint density at radius 3 is 2.22 bits per heavy atom. The van der Waals surface area contributed by atoms with Crippen molar-refractivity contribution in [3.8, 4) is 5.75 Å². The first-order valence-corrected chi connectivity index (χ1v) is 6.42. The summed E-state index contributed by atoms with van der Waals surface area (Å²) in [4.78, 5) is 14.4. The number of methoxy groups -OCH3 is 1. The van der Waals surface area contributed by atoms with E-state index in [1.807, 2.05) is 24.3 Å². The van der Waals surface area contributed by atoms with Crippen LogP contribution in [0.25, 0.3) is 0 Å². The fourth-order valence-corrected chi connectivity index (χ4v) is 2.75. The number of hydrogen-bond donors (Lipinski definition) is 0. The fourth-order valence-electron chi connectivity index (χ4n) is 2.75. The van der Waals surface area contributed by atoms with E-state index in [0.717, 1.165) is 37.2 Å². The van der Waals surface area contributed by atoms with Crippen molar-refractivity contribution in [2.24, 2.45) is 0 Å². The molecule has 2 rings (SSSR count). The molecule has 0 aromatic heterocycles. The minimum absolute atomic E-state index is 0.278. The molecule has 1 saturated heterocycles. The molecule has 98 valence electrons. The molecule has 0 amide bonds. The Morgan fingerprint density at radius 2 is 1.78 bits per heavy atom. The van der Waals surface area contributed by atoms with Gasteiger partial charge in [0.05, 0.1) is 12.5 Å². The predicted molar refractivity (Wildman–Crippen MR) is 72.1 cm³/mol. The molecule has 0 aliphatic carbocycles. The van der Waals surface area contributed by atoms with E-state index in [1.54, 1.807) is 14.0 Å². The quantitative estimate of drug-likeness (QED) is 0.820. The maximum Gasteiger partial charge on any atom is 0.140 e. The van der Waals surface area contributed by atoms with Crippen LogP contribution in [0.4, 0.5) is 0 Å². The van der Waals surface area contributed by atoms with Gasteiger partial charge >= 0.3 is 0 Å². The van der Waals surface area contributed by atoms with Crippen LogP contribution in [0.5, 0.6) is 5.75 Å². The Hall–Kier alpha value is -1.35. The van der Waals surface area contributed by atoms with Gasteiger partial charge in [0.2, 0.25) is 0 Å². The number of piperidine rings is 1. The number of carbonyl (C=O) groups is 1. The monoisotopic (exact) mass is 247 g/mol. The molecule has 0 radical (unpaired) electrons. The van der Waals surface area contributed by atoms with Gasteiger partial charge in [-0.25, -0.2) is 0 Å². The third-order valence-electron chi connectivity index (χ3n) is 4.16. The van der Waals surface area contributed by atoms with E-state index in [0.29, 0.717) is 0 Å². The largest absolute Gasteiger partial charge is 0.497 e. The molecule has 3 heteroatoms. The highest BCUT2D eigenvalue weighted by molar-refractivity contribution is 5.88. The lowest BCUT2D eigenvalue weighted by molar-refractivity contribution is -0.124. The second-order valence-corrected chi connectivity index (χ2v) is 5.17. The maximum absolute atomic E-state index is 12.1. The number of benzene rings is 1. The second-order valence-electron chi connectivity index (χ2n) is 5.17. The van der Waals surface area contributed by atoms with Gasteiger partial charge < -0.3 is 9.64 Å². The minimum atomic E-state index is -0.293. The normalized spacial score (nSPS) is 19.5. The van der Waals surface area contributed by atoms with Crippen molar-refractivity contribution >= 4 is 5.78 Å². The van der Waals surface area contributed by atoms with Gasteiger partial charge in [0.15, 0.2) is 0 Å². The number of likely N-dealkylation sites (tertiary alicyclic amines) is 1. The highest BCUT2D eigenvalue weighted by atomic mass is 16.5. The van der Waals surface area contributed by atoms with Gasteiger partial charge in [0.25, 0.3) is 0 Å². The summed E-state index contributed by atoms with van der Waals surface area (Å²) in [5, 5.41) is 0. The molecule has 0 saturated carbocycles. The van der Waals surface area contributed by atoms with Gasteiger partial charge in [-0.05, 0) is 57.6 Å². The lowest BCUT2D eigenvalue weighted by Crippen LogP contribution is -2.45. The van der Waals surface area contributed by atoms with Gasteiger partial charge in [0.1, 0.15) is 11.5 Å². The molecule has 1 heterocycles. The summed E-state index contributed by atoms with van der Waals surface area (Å²) in [6, 6.07) is 7.95. The minimum Gasteiger partial charge on any atom is -0.497 e. The first-order valence-electron chi connectivity index (χ1n) is 6.42. The molecule has 3 nitrogen and oxygen atoms in total. The van der Waals surface area contributed by atoms with Crippen LogP contribution in [-0.4, -0.2) is 37.9 Å². The number of rotatable bonds is 3. The van der Waals surface area contributed by atoms with Crippen LogP contribution in [0.15, 0.2) is 24.3 Å². The fraction of sp³-hybridized carbons (Fsp3) is 0.533. The van der Waals surface area contributed by atoms with Gasteiger partial charge in [-0.15, -0.1) is 0 Å². The summed E-state index contributed by atoms with van der Waals surface area (Å²) in [5.74, 6) is 1.12. The van der Waals surface area contributed by atoms with Crippen molar-refractivity contribution in [1.82, 2.24) is 4.90 Å². The van der Waals surface area contributed by atoms with E-state index in [4.69, 9.17) is 4.74 Å². The molecule has 1 aliphatic rings. The summed E-state index contributed by atoms with van der Waals surface area (Å²) < 4.78 is 5.17. The maximum atomic E-state index is 12.1. The molecule has 1 aromatic carbocycles. The zero-order chi connectivity index (χ0) is 13.2. The standard InChI is InChI=1S/C15H21NO2/c1-12(17)15(8-10-16(2)11-9-15)13-4-6-14(18-3)7-5-13/h4-7H,8-11H2,1-3H3. The highest BCUT2D eigenvalue weighted by Gasteiger charge is 2.39. The number of hydrogen-bond acceptors (Lipinski definition) is 3. The van der Waals surface area contributed by atoms with Crippen LogP contribution in [-0.2, 0) is 10.2 Å². The van der Waals surface area contributed by atoms with Crippen LogP contribution in [0.1, 0.15) is 25.3 Å². The van der Waals surface area contributed by atoms with E-state index >= 15 is 0 Å². The van der Waals surface area contributed by atoms with Crippen molar-refractivity contribution < 1.29 is 9.53 Å². The Kier molecular flexibility index (Phi) is 3.71. The molecule has 0 N–H and O–H groups in total. The summed E-state index contributed by atoms with van der Waals surface area (Å²) in [6.45, 7) is 3.67. The molecule has 18 heavy (non-hydrogen) atoms. The van der Waals surface area contributed by atoms with Crippen LogP contribution in [0, 0.1) is 0 Å². The molecule has 1 aromatic rings. The van der Waals surface area contributed by atoms with Gasteiger partial charge in [0, 0.05) is 0 Å². The predicted octanol–water partition coefficient (Wildman–Crippen LogP) is 2.25. The van der Waals surface area contributed by atoms with Crippen molar-refractivity contribution in [2.75, 3.05) is 27.2 Å². The van der Waals surface area contributed by atoms with Gasteiger partial charge in [-0.3, -0.25) is 4.79 Å². The molecule has 0 bridgehead atoms. The lowest BCUT2D eigenvalue weighted by Gasteiger charge is -2.39. The molecular formula is C15H21NO2. The van der Waals surface area contributed by atoms with Crippen LogP contribution in [0.2, 0.25) is 0 Å². The van der Waals surface area contributed by atoms with E-state index in [2.05, 4.69) is 11.9 Å². The zero-order valence-electron chi connectivity index (χ0n) is 11.4. The van der Waals surface area contributed by atoms with E-state index in [-0.39, 0.29) is 11.2 Å². The van der Waals surface area contributed by atoms with E-state index in [1.165, 1.54) is 0 Å². The van der Waals surface area contributed by atoms with Gasteiger partial charge in [-0.1, -0.05) is 12.1 Å². The number of ether oxygens (including phenoxy) is 1. The zero-order valence-corrected chi connectivity index (χ0v) is 11.4. The van der Waals surface area contributed by atoms with E-state index < -0.39 is 0 Å². The third kappa shape index (κ3) is 2.27. The first-order chi connectivity index (χ1) is 8.58. The third-order valence-corrected chi connectivity index (χ3v) is 4.16. The molecule has 0 unspecified atom stereocenters. The number of carbonyl (C=O) groups excluding carboxylic acids is 1. The van der Waals surface area contributed by atoms with Crippen LogP contribution in [0.3, 0.4) is 0 Å². The van der Waals surface area contributed by atoms with Crippen molar-refractivity contribution in [3.05, 3.63) is 29.8 Å². The lowest BCUT2D eigenvalue weighted by atomic mass is 9.70. The Morgan fingerprint density at radius 1 is 1.22 bits per heavy atom. The summed E-state index contributed by atoms with van der Waals surface area (Å²) >= 11 is 0. The second kappa shape index (κ2) is 5.11. The summed E-state index contributed by atoms with van der Waals surface area (Å²) in [6.07, 6.45) is 1.82. The molecule has 1 aliphatic heterocycles. The Labute approximate surface area is 109 Å². The molecule has 1 fully saturated rings. The summed E-state index contributed by atoms with van der Waals surface area (Å²) in [5.41, 5.74) is 0.836. The van der Waals surface area contributed by atoms with Crippen LogP contribution >= 0.6 is 0 Å². The molecule has 0 atom stereocenters. The average Bonchev–Trinajstić information content (AvgIpc) is 2.40. The number of Topliss-reactive ketones (excluding diaryl/α,β-unsaturated/α-hetero) is 1. The first kappa shape index (κ1) is 13.1. The number of nitrogens with zero attached hydrogens (tertiary/aromatic N) is 1. The molecule has 0 spiro atoms. The Bertz CT molecular complexity index is 417. The highest BCUT2D eigenvalue weighted by Crippen LogP contribution is 2.36. The summed E-state index contributed by atoms with van der Waals surface area (Å²) in [7, 11) is 3.77. The van der Waals surface area contributed by atoms with Crippen molar-refractivity contribution in [1.29, 1.82) is 0 Å². The van der Waals surface area contributed by atoms with Crippen molar-refractivity contribution in [3.63, 3.8) is 0 Å². The average molecular weight is 247 g/mol. The Balaban J connectivity index is 2.32. The molecular weight excluding hydrogens is 226 g/mol. The topological polar surface area (TPSA) is 29.5 Å². The van der Waals surface area contributed by atoms with Crippen molar-refractivity contribution in [2.45, 2.75) is 25.2 Å². The van der Waals surface area contributed by atoms with Gasteiger partial charge in [-0.2, -0.15) is 0 Å². The van der Waals surface area contributed by atoms with E-state index in [9.17, 15) is 4.79 Å². The SMILES string of the molecule is COc1ccc(C2(C(C)=O)CCN(C)CC2)cc1. The number of ketones is 1. The van der Waals surface area contributed by atoms with Crippen LogP contribution < -0.4 is 4.74 Å². The smallest absolute Gasteiger partial charge is 0.140 e.